The van der Waals surface area contributed by atoms with E-state index in [1.165, 1.54) is 33.3 Å². The molecule has 0 amide bonds. The summed E-state index contributed by atoms with van der Waals surface area (Å²) in [7, 11) is 2.64. The lowest BCUT2D eigenvalue weighted by atomic mass is 9.98. The van der Waals surface area contributed by atoms with Crippen LogP contribution < -0.4 is 19.6 Å². The molecule has 4 heterocycles. The first kappa shape index (κ1) is 43.6. The molecule has 15 unspecified atom stereocenters. The van der Waals surface area contributed by atoms with Gasteiger partial charge in [0.15, 0.2) is 30.7 Å². The molecule has 15 atom stereocenters. The highest BCUT2D eigenvalue weighted by molar-refractivity contribution is 5.91. The number of ether oxygens (including phenoxy) is 8. The molecule has 3 aliphatic rings. The molecule has 0 saturated carbocycles. The summed E-state index contributed by atoms with van der Waals surface area (Å²) in [4.78, 5) is 14.7. The van der Waals surface area contributed by atoms with Gasteiger partial charge in [0.25, 0.3) is 0 Å². The van der Waals surface area contributed by atoms with Gasteiger partial charge in [-0.1, -0.05) is 11.6 Å². The van der Waals surface area contributed by atoms with Crippen molar-refractivity contribution in [2.24, 2.45) is 0 Å². The number of aromatic hydroxyl groups is 1. The topological polar surface area (TPSA) is 306 Å². The van der Waals surface area contributed by atoms with E-state index in [0.717, 1.165) is 11.6 Å². The number of hydrogen-bond donors (Lipinski definition) is 10. The number of fused-ring (bicyclic) bond motifs is 1. The highest BCUT2D eigenvalue weighted by atomic mass is 16.8. The monoisotopic (exact) mass is 824 g/mol. The Morgan fingerprint density at radius 2 is 1.38 bits per heavy atom. The minimum absolute atomic E-state index is 0.0146. The molecule has 58 heavy (non-hydrogen) atoms. The predicted octanol–water partition coefficient (Wildman–Crippen LogP) is -1.54. The smallest absolute Gasteiger partial charge is 0.239 e. The fraction of sp³-hybridized carbons (Fsp3) is 0.553. The summed E-state index contributed by atoms with van der Waals surface area (Å²) < 4.78 is 51.2. The van der Waals surface area contributed by atoms with Gasteiger partial charge in [-0.3, -0.25) is 4.79 Å². The Balaban J connectivity index is 1.50. The number of rotatable bonds is 11. The Bertz CT molecular complexity index is 1980. The van der Waals surface area contributed by atoms with E-state index in [4.69, 9.17) is 42.3 Å². The van der Waals surface area contributed by atoms with E-state index >= 15 is 0 Å². The number of aliphatic hydroxyl groups is 9. The second-order valence-electron chi connectivity index (χ2n) is 14.4. The van der Waals surface area contributed by atoms with Crippen molar-refractivity contribution in [3.05, 3.63) is 57.8 Å². The van der Waals surface area contributed by atoms with Gasteiger partial charge in [-0.2, -0.15) is 0 Å². The Hall–Kier alpha value is -3.97. The standard InChI is InChI=1S/C38H48O20/c1-13(2)6-11-17-19(53-36-29(48)24(43)27(46)35(51-5)58-36)12-18(39)20-22(41)32(30(54-31(17)20)15-7-9-16(50-4)10-8-15)55-38-33(25(44)21(40)14(3)52-38)56-37-28(47)23(42)26(45)34(49)57-37/h6-10,12,14,21,23-29,33-40,42-49H,11H2,1-5H3. The van der Waals surface area contributed by atoms with E-state index in [9.17, 15) is 55.9 Å². The minimum Gasteiger partial charge on any atom is -0.507 e. The van der Waals surface area contributed by atoms with Gasteiger partial charge in [-0.25, -0.2) is 0 Å². The van der Waals surface area contributed by atoms with Gasteiger partial charge in [-0.05, 0) is 51.5 Å². The van der Waals surface area contributed by atoms with Crippen LogP contribution in [0.2, 0.25) is 0 Å². The third-order valence-corrected chi connectivity index (χ3v) is 10.1. The Morgan fingerprint density at radius 1 is 0.741 bits per heavy atom. The van der Waals surface area contributed by atoms with E-state index in [2.05, 4.69) is 0 Å². The van der Waals surface area contributed by atoms with Gasteiger partial charge in [-0.15, -0.1) is 0 Å². The second-order valence-corrected chi connectivity index (χ2v) is 14.4. The van der Waals surface area contributed by atoms with Crippen LogP contribution in [-0.4, -0.2) is 158 Å². The molecule has 0 aliphatic carbocycles. The van der Waals surface area contributed by atoms with Crippen LogP contribution >= 0.6 is 0 Å². The minimum atomic E-state index is -2.04. The third kappa shape index (κ3) is 8.40. The highest BCUT2D eigenvalue weighted by Gasteiger charge is 2.51. The first-order valence-electron chi connectivity index (χ1n) is 18.2. The molecule has 20 nitrogen and oxygen atoms in total. The number of hydrogen-bond acceptors (Lipinski definition) is 20. The van der Waals surface area contributed by atoms with Crippen LogP contribution in [0.15, 0.2) is 51.2 Å². The molecule has 320 valence electrons. The SMILES string of the molecule is COc1ccc(-c2oc3c(CC=C(C)C)c(OC4OC(OC)C(O)C(O)C4O)cc(O)c3c(=O)c2OC2OC(C)C(O)C(O)C2OC2OC(O)C(O)C(O)C2O)cc1. The molecule has 0 bridgehead atoms. The Labute approximate surface area is 330 Å². The van der Waals surface area contributed by atoms with Gasteiger partial charge >= 0.3 is 0 Å². The number of allylic oxidation sites excluding steroid dienone is 2. The van der Waals surface area contributed by atoms with Crippen molar-refractivity contribution in [3.63, 3.8) is 0 Å². The molecule has 3 fully saturated rings. The fourth-order valence-corrected chi connectivity index (χ4v) is 6.69. The molecule has 20 heteroatoms. The van der Waals surface area contributed by atoms with Crippen LogP contribution in [0, 0.1) is 0 Å². The van der Waals surface area contributed by atoms with Crippen molar-refractivity contribution in [1.29, 1.82) is 0 Å². The lowest BCUT2D eigenvalue weighted by Crippen LogP contribution is -2.64. The zero-order chi connectivity index (χ0) is 42.3. The quantitative estimate of drug-likeness (QED) is 0.0980. The Morgan fingerprint density at radius 3 is 2.02 bits per heavy atom. The van der Waals surface area contributed by atoms with E-state index in [1.807, 2.05) is 0 Å². The lowest BCUT2D eigenvalue weighted by Gasteiger charge is -2.44. The number of phenolic OH excluding ortho intramolecular Hbond substituents is 1. The lowest BCUT2D eigenvalue weighted by molar-refractivity contribution is -0.377. The molecule has 2 aromatic carbocycles. The first-order chi connectivity index (χ1) is 27.5. The van der Waals surface area contributed by atoms with Gasteiger partial charge in [0, 0.05) is 24.3 Å². The van der Waals surface area contributed by atoms with Crippen LogP contribution in [0.5, 0.6) is 23.0 Å². The van der Waals surface area contributed by atoms with E-state index in [1.54, 1.807) is 32.1 Å². The van der Waals surface area contributed by atoms with Gasteiger partial charge < -0.3 is 93.4 Å². The fourth-order valence-electron chi connectivity index (χ4n) is 6.69. The Kier molecular flexibility index (Phi) is 13.3. The molecule has 10 N–H and O–H groups in total. The zero-order valence-electron chi connectivity index (χ0n) is 31.9. The first-order valence-corrected chi connectivity index (χ1v) is 18.2. The largest absolute Gasteiger partial charge is 0.507 e. The average Bonchev–Trinajstić information content (AvgIpc) is 3.20. The van der Waals surface area contributed by atoms with Crippen LogP contribution in [0.4, 0.5) is 0 Å². The molecule has 6 rings (SSSR count). The summed E-state index contributed by atoms with van der Waals surface area (Å²) >= 11 is 0. The summed E-state index contributed by atoms with van der Waals surface area (Å²) in [5.41, 5.74) is -0.00375. The molecule has 0 spiro atoms. The molecule has 3 aromatic rings. The van der Waals surface area contributed by atoms with Crippen molar-refractivity contribution in [3.8, 4) is 34.3 Å². The summed E-state index contributed by atoms with van der Waals surface area (Å²) in [6.07, 6.45) is -24.6. The number of benzene rings is 2. The molecule has 3 saturated heterocycles. The third-order valence-electron chi connectivity index (χ3n) is 10.1. The van der Waals surface area contributed by atoms with Gasteiger partial charge in [0.1, 0.15) is 77.0 Å². The summed E-state index contributed by atoms with van der Waals surface area (Å²) in [6, 6.07) is 7.20. The molecule has 3 aliphatic heterocycles. The highest BCUT2D eigenvalue weighted by Crippen LogP contribution is 2.42. The van der Waals surface area contributed by atoms with Gasteiger partial charge in [0.05, 0.1) is 13.2 Å². The number of aliphatic hydroxyl groups excluding tert-OH is 9. The normalized spacial score (nSPS) is 35.4. The number of methoxy groups -OCH3 is 2. The molecule has 0 radical (unpaired) electrons. The van der Waals surface area contributed by atoms with Crippen molar-refractivity contribution in [2.75, 3.05) is 14.2 Å². The van der Waals surface area contributed by atoms with E-state index < -0.39 is 115 Å². The van der Waals surface area contributed by atoms with Crippen molar-refractivity contribution in [2.45, 2.75) is 120 Å². The summed E-state index contributed by atoms with van der Waals surface area (Å²) in [6.45, 7) is 4.99. The van der Waals surface area contributed by atoms with Crippen molar-refractivity contribution in [1.82, 2.24) is 0 Å². The molecular weight excluding hydrogens is 776 g/mol. The average molecular weight is 825 g/mol. The maximum absolute atomic E-state index is 14.7. The molecular formula is C38H48O20. The second kappa shape index (κ2) is 17.7. The van der Waals surface area contributed by atoms with Crippen LogP contribution in [-0.2, 0) is 30.1 Å². The molecule has 1 aromatic heterocycles. The maximum atomic E-state index is 14.7. The number of phenols is 1. The van der Waals surface area contributed by atoms with E-state index in [0.29, 0.717) is 5.75 Å². The van der Waals surface area contributed by atoms with Gasteiger partial charge in [0.2, 0.25) is 23.8 Å². The van der Waals surface area contributed by atoms with Crippen LogP contribution in [0.3, 0.4) is 0 Å². The van der Waals surface area contributed by atoms with Crippen LogP contribution in [0.1, 0.15) is 26.3 Å². The predicted molar refractivity (Wildman–Crippen MR) is 194 cm³/mol. The summed E-state index contributed by atoms with van der Waals surface area (Å²) in [5, 5.41) is 105. The maximum Gasteiger partial charge on any atom is 0.239 e. The van der Waals surface area contributed by atoms with E-state index in [-0.39, 0.29) is 34.6 Å². The van der Waals surface area contributed by atoms with Crippen LogP contribution in [0.25, 0.3) is 22.3 Å². The zero-order valence-corrected chi connectivity index (χ0v) is 31.9. The van der Waals surface area contributed by atoms with Crippen molar-refractivity contribution >= 4 is 11.0 Å². The summed E-state index contributed by atoms with van der Waals surface area (Å²) in [5.74, 6) is -1.30. The van der Waals surface area contributed by atoms with Crippen molar-refractivity contribution < 1.29 is 93.4 Å².